The van der Waals surface area contributed by atoms with Crippen molar-refractivity contribution in [2.24, 2.45) is 0 Å². The van der Waals surface area contributed by atoms with E-state index in [0.29, 0.717) is 0 Å². The van der Waals surface area contributed by atoms with Gasteiger partial charge >= 0.3 is 0 Å². The van der Waals surface area contributed by atoms with Crippen LogP contribution in [0, 0.1) is 0 Å². The largest absolute Gasteiger partial charge is 0.385 e. The highest BCUT2D eigenvalue weighted by atomic mass is 32.3. The van der Waals surface area contributed by atoms with Gasteiger partial charge in [0.05, 0.1) is 5.60 Å². The molecule has 0 unspecified atom stereocenters. The lowest BCUT2D eigenvalue weighted by atomic mass is 10.2. The summed E-state index contributed by atoms with van der Waals surface area (Å²) < 4.78 is 10.8. The molecule has 0 bridgehead atoms. The van der Waals surface area contributed by atoms with E-state index in [-0.39, 0.29) is 5.60 Å². The van der Waals surface area contributed by atoms with Gasteiger partial charge in [0.25, 0.3) is 0 Å². The molecule has 0 spiro atoms. The Balaban J connectivity index is 3.72. The van der Waals surface area contributed by atoms with Crippen LogP contribution in [-0.4, -0.2) is 50.4 Å². The predicted octanol–water partition coefficient (Wildman–Crippen LogP) is 2.51. The molecule has 2 nitrogen and oxygen atoms in total. The van der Waals surface area contributed by atoms with Gasteiger partial charge in [0.2, 0.25) is 0 Å². The van der Waals surface area contributed by atoms with Crippen LogP contribution in [0.25, 0.3) is 0 Å². The molecular weight excluding hydrogens is 196 g/mol. The molecular formula is C11H26O2S. The highest BCUT2D eigenvalue weighted by molar-refractivity contribution is 8.32. The highest BCUT2D eigenvalue weighted by Crippen LogP contribution is 2.39. The van der Waals surface area contributed by atoms with Crippen LogP contribution in [0.2, 0.25) is 0 Å². The molecule has 0 aromatic carbocycles. The van der Waals surface area contributed by atoms with Crippen LogP contribution in [0.15, 0.2) is 0 Å². The first-order valence-corrected chi connectivity index (χ1v) is 8.08. The van der Waals surface area contributed by atoms with Gasteiger partial charge in [-0.3, -0.25) is 0 Å². The molecule has 0 aromatic heterocycles. The van der Waals surface area contributed by atoms with Crippen LogP contribution < -0.4 is 0 Å². The topological polar surface area (TPSA) is 18.5 Å². The normalized spacial score (nSPS) is 14.4. The van der Waals surface area contributed by atoms with E-state index in [1.54, 1.807) is 7.11 Å². The summed E-state index contributed by atoms with van der Waals surface area (Å²) in [6.45, 7) is 5.95. The number of methoxy groups -OCH3 is 1. The number of hydrogen-bond acceptors (Lipinski definition) is 2. The van der Waals surface area contributed by atoms with Crippen molar-refractivity contribution >= 4 is 10.0 Å². The molecule has 0 rings (SSSR count). The molecule has 0 amide bonds. The maximum atomic E-state index is 5.85. The first-order valence-electron chi connectivity index (χ1n) is 5.06. The van der Waals surface area contributed by atoms with Crippen LogP contribution in [0.3, 0.4) is 0 Å². The third-order valence-electron chi connectivity index (χ3n) is 1.77. The lowest BCUT2D eigenvalue weighted by Crippen LogP contribution is -2.32. The minimum atomic E-state index is -0.481. The predicted molar refractivity (Wildman–Crippen MR) is 66.8 cm³/mol. The van der Waals surface area contributed by atoms with Crippen LogP contribution in [0.1, 0.15) is 20.3 Å². The van der Waals surface area contributed by atoms with Crippen molar-refractivity contribution in [2.75, 3.05) is 44.8 Å². The Bertz CT molecular complexity index is 150. The van der Waals surface area contributed by atoms with Gasteiger partial charge in [-0.1, -0.05) is 0 Å². The second-order valence-electron chi connectivity index (χ2n) is 5.19. The van der Waals surface area contributed by atoms with Crippen molar-refractivity contribution in [3.05, 3.63) is 0 Å². The summed E-state index contributed by atoms with van der Waals surface area (Å²) in [5.41, 5.74) is 0.0152. The van der Waals surface area contributed by atoms with Crippen molar-refractivity contribution in [1.29, 1.82) is 0 Å². The van der Waals surface area contributed by atoms with Crippen molar-refractivity contribution in [3.63, 3.8) is 0 Å². The van der Waals surface area contributed by atoms with Gasteiger partial charge in [0, 0.05) is 26.1 Å². The monoisotopic (exact) mass is 222 g/mol. The summed E-state index contributed by atoms with van der Waals surface area (Å²) in [5.74, 6) is 1.16. The Morgan fingerprint density at radius 3 is 2.07 bits per heavy atom. The van der Waals surface area contributed by atoms with E-state index in [1.165, 1.54) is 0 Å². The van der Waals surface area contributed by atoms with E-state index in [0.717, 1.165) is 25.4 Å². The molecule has 0 fully saturated rings. The second kappa shape index (κ2) is 5.99. The zero-order valence-electron chi connectivity index (χ0n) is 10.6. The van der Waals surface area contributed by atoms with E-state index in [1.807, 2.05) is 0 Å². The Labute approximate surface area is 90.7 Å². The molecule has 88 valence electrons. The molecule has 3 heteroatoms. The quantitative estimate of drug-likeness (QED) is 0.616. The van der Waals surface area contributed by atoms with Gasteiger partial charge in [-0.2, -0.15) is 0 Å². The van der Waals surface area contributed by atoms with E-state index < -0.39 is 10.0 Å². The smallest absolute Gasteiger partial charge is 0.0701 e. The fourth-order valence-corrected chi connectivity index (χ4v) is 3.81. The Kier molecular flexibility index (Phi) is 6.10. The van der Waals surface area contributed by atoms with Crippen LogP contribution >= 0.6 is 10.0 Å². The zero-order valence-corrected chi connectivity index (χ0v) is 11.4. The summed E-state index contributed by atoms with van der Waals surface area (Å²) >= 11 is 0. The fraction of sp³-hybridized carbons (Fsp3) is 1.00. The van der Waals surface area contributed by atoms with Crippen molar-refractivity contribution in [1.82, 2.24) is 0 Å². The third kappa shape index (κ3) is 8.85. The molecule has 0 saturated carbocycles. The molecule has 0 aliphatic heterocycles. The van der Waals surface area contributed by atoms with E-state index in [9.17, 15) is 0 Å². The lowest BCUT2D eigenvalue weighted by molar-refractivity contribution is -0.00793. The van der Waals surface area contributed by atoms with Gasteiger partial charge in [-0.05, 0) is 39.0 Å². The average molecular weight is 222 g/mol. The Morgan fingerprint density at radius 2 is 1.64 bits per heavy atom. The van der Waals surface area contributed by atoms with Crippen molar-refractivity contribution in [3.8, 4) is 0 Å². The van der Waals surface area contributed by atoms with Crippen molar-refractivity contribution < 1.29 is 9.47 Å². The van der Waals surface area contributed by atoms with Gasteiger partial charge < -0.3 is 9.47 Å². The Hall–Kier alpha value is 0.270. The second-order valence-corrected chi connectivity index (χ2v) is 9.66. The molecule has 0 saturated heterocycles. The zero-order chi connectivity index (χ0) is 11.2. The van der Waals surface area contributed by atoms with Crippen LogP contribution in [0.4, 0.5) is 0 Å². The van der Waals surface area contributed by atoms with E-state index in [2.05, 4.69) is 32.6 Å². The number of rotatable bonds is 7. The SMILES string of the molecule is COCCCOC(C)(C)CS(C)(C)C. The molecule has 0 aromatic rings. The van der Waals surface area contributed by atoms with Gasteiger partial charge in [-0.15, -0.1) is 0 Å². The fourth-order valence-electron chi connectivity index (χ4n) is 1.64. The molecule has 0 N–H and O–H groups in total. The minimum absolute atomic E-state index is 0.0152. The van der Waals surface area contributed by atoms with Crippen molar-refractivity contribution in [2.45, 2.75) is 25.9 Å². The van der Waals surface area contributed by atoms with Gasteiger partial charge in [0.1, 0.15) is 0 Å². The summed E-state index contributed by atoms with van der Waals surface area (Å²) in [5, 5.41) is 0. The molecule has 0 atom stereocenters. The molecule has 14 heavy (non-hydrogen) atoms. The summed E-state index contributed by atoms with van der Waals surface area (Å²) in [6.07, 6.45) is 7.97. The summed E-state index contributed by atoms with van der Waals surface area (Å²) in [6, 6.07) is 0. The van der Waals surface area contributed by atoms with Crippen LogP contribution in [0.5, 0.6) is 0 Å². The summed E-state index contributed by atoms with van der Waals surface area (Å²) in [7, 11) is 1.25. The Morgan fingerprint density at radius 1 is 1.07 bits per heavy atom. The van der Waals surface area contributed by atoms with E-state index in [4.69, 9.17) is 9.47 Å². The first-order chi connectivity index (χ1) is 6.27. The third-order valence-corrected chi connectivity index (χ3v) is 3.33. The lowest BCUT2D eigenvalue weighted by Gasteiger charge is -2.36. The molecule has 0 radical (unpaired) electrons. The average Bonchev–Trinajstić information content (AvgIpc) is 1.93. The van der Waals surface area contributed by atoms with Crippen LogP contribution in [-0.2, 0) is 9.47 Å². The standard InChI is InChI=1S/C11H26O2S/c1-11(2,10-14(4,5)6)13-9-7-8-12-3/h7-10H2,1-6H3. The van der Waals surface area contributed by atoms with Gasteiger partial charge in [0.15, 0.2) is 0 Å². The maximum Gasteiger partial charge on any atom is 0.0701 e. The highest BCUT2D eigenvalue weighted by Gasteiger charge is 2.23. The molecule has 0 aliphatic rings. The maximum absolute atomic E-state index is 5.85. The first kappa shape index (κ1) is 14.3. The summed E-state index contributed by atoms with van der Waals surface area (Å²) in [4.78, 5) is 0. The van der Waals surface area contributed by atoms with E-state index >= 15 is 0 Å². The van der Waals surface area contributed by atoms with Gasteiger partial charge in [-0.25, -0.2) is 10.0 Å². The number of hydrogen-bond donors (Lipinski definition) is 0. The number of ether oxygens (including phenoxy) is 2. The molecule has 0 heterocycles. The molecule has 0 aliphatic carbocycles. The minimum Gasteiger partial charge on any atom is -0.385 e.